The van der Waals surface area contributed by atoms with Crippen molar-refractivity contribution >= 4 is 22.7 Å². The Morgan fingerprint density at radius 2 is 1.94 bits per heavy atom. The first kappa shape index (κ1) is 11.8. The molecule has 1 nitrogen and oxygen atoms in total. The lowest BCUT2D eigenvalue weighted by atomic mass is 9.95. The largest absolute Gasteiger partial charge is 0.383 e. The molecular weight excluding hydrogens is 236 g/mol. The molecule has 3 heteroatoms. The molecular formula is C13H16OS2. The molecule has 0 saturated heterocycles. The molecule has 86 valence electrons. The molecule has 2 rings (SSSR count). The Hall–Kier alpha value is -0.640. The predicted octanol–water partition coefficient (Wildman–Crippen LogP) is 4.19. The molecule has 2 aromatic rings. The van der Waals surface area contributed by atoms with Gasteiger partial charge >= 0.3 is 0 Å². The third kappa shape index (κ3) is 2.37. The zero-order valence-electron chi connectivity index (χ0n) is 9.73. The van der Waals surface area contributed by atoms with Crippen molar-refractivity contribution in [3.05, 3.63) is 44.3 Å². The van der Waals surface area contributed by atoms with E-state index < -0.39 is 6.10 Å². The molecule has 0 aliphatic heterocycles. The Morgan fingerprint density at radius 3 is 2.44 bits per heavy atom. The van der Waals surface area contributed by atoms with Gasteiger partial charge in [-0.15, -0.1) is 11.3 Å². The molecule has 0 aromatic carbocycles. The number of aliphatic hydroxyl groups is 1. The molecule has 0 saturated carbocycles. The fraction of sp³-hybridized carbons (Fsp3) is 0.385. The minimum Gasteiger partial charge on any atom is -0.383 e. The van der Waals surface area contributed by atoms with Crippen LogP contribution in [0.5, 0.6) is 0 Å². The van der Waals surface area contributed by atoms with Crippen LogP contribution in [0, 0.1) is 0 Å². The van der Waals surface area contributed by atoms with Crippen LogP contribution >= 0.6 is 22.7 Å². The van der Waals surface area contributed by atoms with Crippen LogP contribution in [0.2, 0.25) is 0 Å². The second-order valence-electron chi connectivity index (χ2n) is 4.91. The topological polar surface area (TPSA) is 20.2 Å². The molecule has 1 N–H and O–H groups in total. The normalized spacial score (nSPS) is 14.0. The van der Waals surface area contributed by atoms with Crippen LogP contribution in [0.25, 0.3) is 0 Å². The predicted molar refractivity (Wildman–Crippen MR) is 71.4 cm³/mol. The van der Waals surface area contributed by atoms with Gasteiger partial charge in [-0.1, -0.05) is 20.8 Å². The quantitative estimate of drug-likeness (QED) is 0.849. The fourth-order valence-electron chi connectivity index (χ4n) is 1.50. The molecule has 0 amide bonds. The maximum absolute atomic E-state index is 10.2. The van der Waals surface area contributed by atoms with Crippen molar-refractivity contribution in [2.24, 2.45) is 0 Å². The summed E-state index contributed by atoms with van der Waals surface area (Å²) in [4.78, 5) is 2.35. The summed E-state index contributed by atoms with van der Waals surface area (Å²) in [5.74, 6) is 0. The van der Waals surface area contributed by atoms with Gasteiger partial charge in [0.2, 0.25) is 0 Å². The SMILES string of the molecule is CC(C)(C)c1ccc(C(O)c2ccsc2)s1. The van der Waals surface area contributed by atoms with Crippen molar-refractivity contribution in [2.45, 2.75) is 32.3 Å². The van der Waals surface area contributed by atoms with Gasteiger partial charge in [0, 0.05) is 9.75 Å². The molecule has 0 aliphatic carbocycles. The van der Waals surface area contributed by atoms with E-state index in [0.29, 0.717) is 0 Å². The average Bonchev–Trinajstić information content (AvgIpc) is 2.87. The van der Waals surface area contributed by atoms with Crippen molar-refractivity contribution < 1.29 is 5.11 Å². The lowest BCUT2D eigenvalue weighted by Crippen LogP contribution is -2.07. The van der Waals surface area contributed by atoms with Crippen molar-refractivity contribution in [3.8, 4) is 0 Å². The summed E-state index contributed by atoms with van der Waals surface area (Å²) in [7, 11) is 0. The van der Waals surface area contributed by atoms with Gasteiger partial charge in [0.05, 0.1) is 0 Å². The van der Waals surface area contributed by atoms with Crippen LogP contribution in [0.1, 0.15) is 42.2 Å². The highest BCUT2D eigenvalue weighted by atomic mass is 32.1. The number of hydrogen-bond donors (Lipinski definition) is 1. The number of aliphatic hydroxyl groups excluding tert-OH is 1. The van der Waals surface area contributed by atoms with Gasteiger partial charge in [0.15, 0.2) is 0 Å². The summed E-state index contributed by atoms with van der Waals surface area (Å²) < 4.78 is 0. The van der Waals surface area contributed by atoms with E-state index in [-0.39, 0.29) is 5.41 Å². The molecule has 1 atom stereocenters. The first-order valence-corrected chi connectivity index (χ1v) is 7.05. The maximum Gasteiger partial charge on any atom is 0.114 e. The Balaban J connectivity index is 2.26. The van der Waals surface area contributed by atoms with Gasteiger partial charge in [-0.2, -0.15) is 11.3 Å². The standard InChI is InChI=1S/C13H16OS2/c1-13(2,3)11-5-4-10(16-11)12(14)9-6-7-15-8-9/h4-8,12,14H,1-3H3. The second kappa shape index (κ2) is 4.32. The summed E-state index contributed by atoms with van der Waals surface area (Å²) in [5.41, 5.74) is 1.16. The fourth-order valence-corrected chi connectivity index (χ4v) is 3.26. The van der Waals surface area contributed by atoms with E-state index in [0.717, 1.165) is 10.4 Å². The average molecular weight is 252 g/mol. The molecule has 0 spiro atoms. The molecule has 0 radical (unpaired) electrons. The summed E-state index contributed by atoms with van der Waals surface area (Å²) in [5, 5.41) is 14.2. The Morgan fingerprint density at radius 1 is 1.19 bits per heavy atom. The second-order valence-corrected chi connectivity index (χ2v) is 6.81. The molecule has 2 aromatic heterocycles. The summed E-state index contributed by atoms with van der Waals surface area (Å²) >= 11 is 3.32. The van der Waals surface area contributed by atoms with E-state index >= 15 is 0 Å². The molecule has 0 fully saturated rings. The Bertz CT molecular complexity index is 448. The zero-order chi connectivity index (χ0) is 11.8. The Kier molecular flexibility index (Phi) is 3.19. The lowest BCUT2D eigenvalue weighted by molar-refractivity contribution is 0.224. The molecule has 1 unspecified atom stereocenters. The van der Waals surface area contributed by atoms with E-state index in [4.69, 9.17) is 0 Å². The van der Waals surface area contributed by atoms with Gasteiger partial charge in [-0.25, -0.2) is 0 Å². The van der Waals surface area contributed by atoms with Crippen LogP contribution in [-0.2, 0) is 5.41 Å². The molecule has 0 aliphatic rings. The summed E-state index contributed by atoms with van der Waals surface area (Å²) in [6.45, 7) is 6.58. The highest BCUT2D eigenvalue weighted by molar-refractivity contribution is 7.12. The monoisotopic (exact) mass is 252 g/mol. The van der Waals surface area contributed by atoms with E-state index in [9.17, 15) is 5.11 Å². The van der Waals surface area contributed by atoms with Gasteiger partial charge in [0.25, 0.3) is 0 Å². The number of rotatable bonds is 2. The van der Waals surface area contributed by atoms with Gasteiger partial charge in [0.1, 0.15) is 6.10 Å². The van der Waals surface area contributed by atoms with Crippen LogP contribution in [-0.4, -0.2) is 5.11 Å². The minimum absolute atomic E-state index is 0.164. The first-order chi connectivity index (χ1) is 7.48. The lowest BCUT2D eigenvalue weighted by Gasteiger charge is -2.15. The molecule has 16 heavy (non-hydrogen) atoms. The highest BCUT2D eigenvalue weighted by Gasteiger charge is 2.19. The van der Waals surface area contributed by atoms with E-state index in [1.165, 1.54) is 4.88 Å². The summed E-state index contributed by atoms with van der Waals surface area (Å²) in [6, 6.07) is 6.13. The first-order valence-electron chi connectivity index (χ1n) is 5.29. The smallest absolute Gasteiger partial charge is 0.114 e. The van der Waals surface area contributed by atoms with Crippen LogP contribution in [0.4, 0.5) is 0 Å². The minimum atomic E-state index is -0.465. The van der Waals surface area contributed by atoms with Crippen molar-refractivity contribution in [1.82, 2.24) is 0 Å². The van der Waals surface area contributed by atoms with E-state index in [1.807, 2.05) is 22.9 Å². The zero-order valence-corrected chi connectivity index (χ0v) is 11.4. The van der Waals surface area contributed by atoms with E-state index in [1.54, 1.807) is 22.7 Å². The molecule has 0 bridgehead atoms. The number of hydrogen-bond acceptors (Lipinski definition) is 3. The van der Waals surface area contributed by atoms with Gasteiger partial charge < -0.3 is 5.11 Å². The van der Waals surface area contributed by atoms with Crippen LogP contribution in [0.15, 0.2) is 29.0 Å². The van der Waals surface area contributed by atoms with Crippen molar-refractivity contribution in [1.29, 1.82) is 0 Å². The van der Waals surface area contributed by atoms with E-state index in [2.05, 4.69) is 26.8 Å². The number of thiophene rings is 2. The third-order valence-corrected chi connectivity index (χ3v) is 4.76. The third-order valence-electron chi connectivity index (χ3n) is 2.49. The van der Waals surface area contributed by atoms with Crippen molar-refractivity contribution in [3.63, 3.8) is 0 Å². The Labute approximate surface area is 104 Å². The highest BCUT2D eigenvalue weighted by Crippen LogP contribution is 2.34. The molecule has 2 heterocycles. The summed E-state index contributed by atoms with van der Waals surface area (Å²) in [6.07, 6.45) is -0.465. The van der Waals surface area contributed by atoms with Gasteiger partial charge in [-0.3, -0.25) is 0 Å². The van der Waals surface area contributed by atoms with Crippen molar-refractivity contribution in [2.75, 3.05) is 0 Å². The van der Waals surface area contributed by atoms with Crippen LogP contribution in [0.3, 0.4) is 0 Å². The maximum atomic E-state index is 10.2. The van der Waals surface area contributed by atoms with Gasteiger partial charge in [-0.05, 0) is 39.9 Å². The van der Waals surface area contributed by atoms with Crippen LogP contribution < -0.4 is 0 Å².